The lowest BCUT2D eigenvalue weighted by molar-refractivity contribution is -0.120. The first kappa shape index (κ1) is 9.09. The molecule has 0 aromatic carbocycles. The molecule has 0 atom stereocenters. The van der Waals surface area contributed by atoms with E-state index in [2.05, 4.69) is 4.98 Å². The van der Waals surface area contributed by atoms with Crippen molar-refractivity contribution in [3.05, 3.63) is 23.5 Å². The molecule has 0 aliphatic heterocycles. The molecule has 3 nitrogen and oxygen atoms in total. The fourth-order valence-corrected chi connectivity index (χ4v) is 2.48. The van der Waals surface area contributed by atoms with Crippen LogP contribution in [0.1, 0.15) is 25.0 Å². The molecule has 0 N–H and O–H groups in total. The predicted octanol–water partition coefficient (Wildman–Crippen LogP) is 2.31. The van der Waals surface area contributed by atoms with Crippen LogP contribution in [0.3, 0.4) is 0 Å². The second-order valence-corrected chi connectivity index (χ2v) is 4.94. The molecule has 2 aromatic rings. The van der Waals surface area contributed by atoms with Crippen molar-refractivity contribution in [2.75, 3.05) is 0 Å². The van der Waals surface area contributed by atoms with Gasteiger partial charge in [0.15, 0.2) is 4.96 Å². The van der Waals surface area contributed by atoms with Gasteiger partial charge in [-0.2, -0.15) is 0 Å². The standard InChI is InChI=1S/C11H12N2OS/c14-10(8-1-2-8)4-3-9-7-13-5-6-15-11(13)12-9/h5-8H,1-4H2. The van der Waals surface area contributed by atoms with Crippen molar-refractivity contribution in [3.63, 3.8) is 0 Å². The fourth-order valence-electron chi connectivity index (χ4n) is 1.76. The lowest BCUT2D eigenvalue weighted by atomic mass is 10.1. The number of fused-ring (bicyclic) bond motifs is 1. The Balaban J connectivity index is 1.67. The molecule has 0 amide bonds. The molecule has 1 aliphatic carbocycles. The van der Waals surface area contributed by atoms with E-state index in [1.165, 1.54) is 0 Å². The number of Topliss-reactive ketones (excluding diaryl/α,β-unsaturated/α-hetero) is 1. The number of carbonyl (C=O) groups is 1. The molecular formula is C11H12N2OS. The van der Waals surface area contributed by atoms with E-state index in [0.29, 0.717) is 18.1 Å². The third-order valence-corrected chi connectivity index (χ3v) is 3.57. The Kier molecular flexibility index (Phi) is 2.09. The van der Waals surface area contributed by atoms with Gasteiger partial charge in [0.25, 0.3) is 0 Å². The predicted molar refractivity (Wildman–Crippen MR) is 59.1 cm³/mol. The van der Waals surface area contributed by atoms with Crippen molar-refractivity contribution in [2.45, 2.75) is 25.7 Å². The quantitative estimate of drug-likeness (QED) is 0.792. The van der Waals surface area contributed by atoms with E-state index < -0.39 is 0 Å². The zero-order valence-electron chi connectivity index (χ0n) is 8.35. The zero-order chi connectivity index (χ0) is 10.3. The van der Waals surface area contributed by atoms with E-state index in [9.17, 15) is 4.79 Å². The van der Waals surface area contributed by atoms with Crippen LogP contribution in [0.4, 0.5) is 0 Å². The number of rotatable bonds is 4. The molecule has 2 aromatic heterocycles. The highest BCUT2D eigenvalue weighted by Crippen LogP contribution is 2.31. The molecule has 0 spiro atoms. The number of hydrogen-bond donors (Lipinski definition) is 0. The van der Waals surface area contributed by atoms with Gasteiger partial charge in [-0.15, -0.1) is 11.3 Å². The maximum absolute atomic E-state index is 11.5. The van der Waals surface area contributed by atoms with Gasteiger partial charge in [-0.05, 0) is 19.3 Å². The summed E-state index contributed by atoms with van der Waals surface area (Å²) in [6, 6.07) is 0. The Hall–Kier alpha value is -1.16. The summed E-state index contributed by atoms with van der Waals surface area (Å²) in [5.74, 6) is 0.806. The van der Waals surface area contributed by atoms with Crippen LogP contribution in [0.2, 0.25) is 0 Å². The number of hydrogen-bond acceptors (Lipinski definition) is 3. The summed E-state index contributed by atoms with van der Waals surface area (Å²) in [5, 5.41) is 2.02. The summed E-state index contributed by atoms with van der Waals surface area (Å²) in [4.78, 5) is 17.0. The molecule has 1 saturated carbocycles. The van der Waals surface area contributed by atoms with Gasteiger partial charge >= 0.3 is 0 Å². The molecule has 15 heavy (non-hydrogen) atoms. The minimum Gasteiger partial charge on any atom is -0.299 e. The molecule has 78 valence electrons. The van der Waals surface area contributed by atoms with E-state index >= 15 is 0 Å². The van der Waals surface area contributed by atoms with E-state index in [0.717, 1.165) is 29.9 Å². The SMILES string of the molecule is O=C(CCc1cn2ccsc2n1)C1CC1. The average Bonchev–Trinajstić information content (AvgIpc) is 2.86. The molecule has 2 heterocycles. The van der Waals surface area contributed by atoms with Crippen molar-refractivity contribution < 1.29 is 4.79 Å². The number of imidazole rings is 1. The maximum atomic E-state index is 11.5. The van der Waals surface area contributed by atoms with E-state index in [1.807, 2.05) is 22.2 Å². The van der Waals surface area contributed by atoms with Gasteiger partial charge in [-0.1, -0.05) is 0 Å². The van der Waals surface area contributed by atoms with Crippen LogP contribution in [0.15, 0.2) is 17.8 Å². The van der Waals surface area contributed by atoms with Crippen LogP contribution >= 0.6 is 11.3 Å². The van der Waals surface area contributed by atoms with Crippen molar-refractivity contribution in [2.24, 2.45) is 5.92 Å². The Labute approximate surface area is 91.8 Å². The lowest BCUT2D eigenvalue weighted by Crippen LogP contribution is -2.02. The van der Waals surface area contributed by atoms with Crippen LogP contribution < -0.4 is 0 Å². The summed E-state index contributed by atoms with van der Waals surface area (Å²) >= 11 is 1.63. The number of aromatic nitrogens is 2. The normalized spacial score (nSPS) is 16.0. The molecule has 0 bridgehead atoms. The minimum atomic E-state index is 0.383. The highest BCUT2D eigenvalue weighted by molar-refractivity contribution is 7.15. The van der Waals surface area contributed by atoms with Crippen molar-refractivity contribution >= 4 is 22.1 Å². The number of aryl methyl sites for hydroxylation is 1. The summed E-state index contributed by atoms with van der Waals surface area (Å²) in [6.45, 7) is 0. The Morgan fingerprint density at radius 2 is 2.47 bits per heavy atom. The average molecular weight is 220 g/mol. The third-order valence-electron chi connectivity index (χ3n) is 2.80. The van der Waals surface area contributed by atoms with E-state index in [-0.39, 0.29) is 0 Å². The number of thiazole rings is 1. The fraction of sp³-hybridized carbons (Fsp3) is 0.455. The topological polar surface area (TPSA) is 34.4 Å². The summed E-state index contributed by atoms with van der Waals surface area (Å²) in [7, 11) is 0. The van der Waals surface area contributed by atoms with E-state index in [1.54, 1.807) is 11.3 Å². The summed E-state index contributed by atoms with van der Waals surface area (Å²) < 4.78 is 2.02. The molecule has 0 unspecified atom stereocenters. The van der Waals surface area contributed by atoms with Crippen LogP contribution in [-0.4, -0.2) is 15.2 Å². The second kappa shape index (κ2) is 3.45. The van der Waals surface area contributed by atoms with Crippen molar-refractivity contribution in [1.29, 1.82) is 0 Å². The summed E-state index contributed by atoms with van der Waals surface area (Å²) in [5.41, 5.74) is 1.04. The number of ketones is 1. The van der Waals surface area contributed by atoms with Crippen LogP contribution in [0.25, 0.3) is 4.96 Å². The van der Waals surface area contributed by atoms with Gasteiger partial charge < -0.3 is 0 Å². The molecule has 0 saturated heterocycles. The molecule has 1 fully saturated rings. The maximum Gasteiger partial charge on any atom is 0.193 e. The molecule has 4 heteroatoms. The molecule has 0 radical (unpaired) electrons. The first-order valence-corrected chi connectivity index (χ1v) is 6.15. The monoisotopic (exact) mass is 220 g/mol. The van der Waals surface area contributed by atoms with Crippen LogP contribution in [0.5, 0.6) is 0 Å². The highest BCUT2D eigenvalue weighted by Gasteiger charge is 2.28. The smallest absolute Gasteiger partial charge is 0.193 e. The van der Waals surface area contributed by atoms with Crippen LogP contribution in [0, 0.1) is 5.92 Å². The number of nitrogens with zero attached hydrogens (tertiary/aromatic N) is 2. The first-order chi connectivity index (χ1) is 7.33. The molecule has 3 rings (SSSR count). The second-order valence-electron chi connectivity index (χ2n) is 4.07. The lowest BCUT2D eigenvalue weighted by Gasteiger charge is -1.94. The largest absolute Gasteiger partial charge is 0.299 e. The minimum absolute atomic E-state index is 0.383. The Morgan fingerprint density at radius 1 is 1.60 bits per heavy atom. The summed E-state index contributed by atoms with van der Waals surface area (Å²) in [6.07, 6.45) is 7.69. The third kappa shape index (κ3) is 1.81. The van der Waals surface area contributed by atoms with E-state index in [4.69, 9.17) is 0 Å². The Bertz CT molecular complexity index is 467. The van der Waals surface area contributed by atoms with Gasteiger partial charge in [-0.3, -0.25) is 9.20 Å². The first-order valence-electron chi connectivity index (χ1n) is 5.27. The number of carbonyl (C=O) groups excluding carboxylic acids is 1. The van der Waals surface area contributed by atoms with Crippen molar-refractivity contribution in [3.8, 4) is 0 Å². The molecule has 1 aliphatic rings. The Morgan fingerprint density at radius 3 is 3.20 bits per heavy atom. The van der Waals surface area contributed by atoms with Gasteiger partial charge in [0.2, 0.25) is 0 Å². The zero-order valence-corrected chi connectivity index (χ0v) is 9.17. The van der Waals surface area contributed by atoms with Gasteiger partial charge in [0.05, 0.1) is 5.69 Å². The highest BCUT2D eigenvalue weighted by atomic mass is 32.1. The van der Waals surface area contributed by atoms with Gasteiger partial charge in [0, 0.05) is 30.1 Å². The van der Waals surface area contributed by atoms with Crippen LogP contribution in [-0.2, 0) is 11.2 Å². The molecular weight excluding hydrogens is 208 g/mol. The van der Waals surface area contributed by atoms with Gasteiger partial charge in [-0.25, -0.2) is 4.98 Å². The van der Waals surface area contributed by atoms with Crippen molar-refractivity contribution in [1.82, 2.24) is 9.38 Å². The van der Waals surface area contributed by atoms with Gasteiger partial charge in [0.1, 0.15) is 5.78 Å².